The van der Waals surface area contributed by atoms with Gasteiger partial charge in [0.25, 0.3) is 0 Å². The van der Waals surface area contributed by atoms with Gasteiger partial charge in [0.05, 0.1) is 6.54 Å². The standard InChI is InChI=1S/C14H14N4OS/c15-13(20)11-5-6-16-14(17-11)18-7-8-19-12-4-2-1-3-10(12)9-18/h1-6H,7-9H2,(H2,15,20). The molecule has 1 aromatic heterocycles. The first-order chi connectivity index (χ1) is 9.74. The number of hydrogen-bond acceptors (Lipinski definition) is 5. The van der Waals surface area contributed by atoms with Crippen LogP contribution in [-0.2, 0) is 6.54 Å². The first-order valence-electron chi connectivity index (χ1n) is 6.32. The Bertz CT molecular complexity index is 647. The quantitative estimate of drug-likeness (QED) is 0.844. The number of thiocarbonyl (C=S) groups is 1. The second kappa shape index (κ2) is 5.42. The number of anilines is 1. The molecule has 0 amide bonds. The maximum atomic E-state index is 5.73. The van der Waals surface area contributed by atoms with Crippen LogP contribution >= 0.6 is 12.2 Å². The van der Waals surface area contributed by atoms with E-state index in [1.165, 1.54) is 0 Å². The van der Waals surface area contributed by atoms with Crippen molar-refractivity contribution in [3.63, 3.8) is 0 Å². The molecule has 1 aliphatic heterocycles. The van der Waals surface area contributed by atoms with E-state index in [-0.39, 0.29) is 4.99 Å². The minimum Gasteiger partial charge on any atom is -0.491 e. The maximum Gasteiger partial charge on any atom is 0.226 e. The lowest BCUT2D eigenvalue weighted by atomic mass is 10.2. The number of nitrogens with two attached hydrogens (primary N) is 1. The van der Waals surface area contributed by atoms with E-state index in [0.29, 0.717) is 24.8 Å². The van der Waals surface area contributed by atoms with Gasteiger partial charge in [-0.15, -0.1) is 0 Å². The van der Waals surface area contributed by atoms with Gasteiger partial charge in [-0.2, -0.15) is 0 Å². The molecule has 20 heavy (non-hydrogen) atoms. The molecule has 102 valence electrons. The van der Waals surface area contributed by atoms with Crippen LogP contribution in [0.5, 0.6) is 5.75 Å². The van der Waals surface area contributed by atoms with Crippen LogP contribution in [0, 0.1) is 0 Å². The van der Waals surface area contributed by atoms with E-state index in [2.05, 4.69) is 14.9 Å². The van der Waals surface area contributed by atoms with Gasteiger partial charge in [0.1, 0.15) is 23.0 Å². The van der Waals surface area contributed by atoms with Crippen molar-refractivity contribution in [1.29, 1.82) is 0 Å². The summed E-state index contributed by atoms with van der Waals surface area (Å²) in [7, 11) is 0. The highest BCUT2D eigenvalue weighted by Crippen LogP contribution is 2.24. The number of benzene rings is 1. The van der Waals surface area contributed by atoms with E-state index < -0.39 is 0 Å². The molecular weight excluding hydrogens is 272 g/mol. The summed E-state index contributed by atoms with van der Waals surface area (Å²) in [6.07, 6.45) is 1.68. The summed E-state index contributed by atoms with van der Waals surface area (Å²) in [5.74, 6) is 1.54. The summed E-state index contributed by atoms with van der Waals surface area (Å²) < 4.78 is 5.73. The van der Waals surface area contributed by atoms with Gasteiger partial charge >= 0.3 is 0 Å². The molecule has 0 bridgehead atoms. The van der Waals surface area contributed by atoms with Crippen molar-refractivity contribution in [3.8, 4) is 5.75 Å². The second-order valence-corrected chi connectivity index (χ2v) is 4.92. The number of rotatable bonds is 2. The smallest absolute Gasteiger partial charge is 0.226 e. The van der Waals surface area contributed by atoms with Gasteiger partial charge in [-0.3, -0.25) is 0 Å². The summed E-state index contributed by atoms with van der Waals surface area (Å²) in [5.41, 5.74) is 7.32. The summed E-state index contributed by atoms with van der Waals surface area (Å²) >= 11 is 4.96. The average molecular weight is 286 g/mol. The minimum absolute atomic E-state index is 0.278. The van der Waals surface area contributed by atoms with E-state index in [1.807, 2.05) is 24.3 Å². The third kappa shape index (κ3) is 2.55. The van der Waals surface area contributed by atoms with Gasteiger partial charge in [0.15, 0.2) is 0 Å². The van der Waals surface area contributed by atoms with Gasteiger partial charge in [-0.05, 0) is 12.1 Å². The number of hydrogen-bond donors (Lipinski definition) is 1. The van der Waals surface area contributed by atoms with Crippen LogP contribution in [0.2, 0.25) is 0 Å². The lowest BCUT2D eigenvalue weighted by Gasteiger charge is -2.19. The molecule has 1 aliphatic rings. The number of aromatic nitrogens is 2. The molecule has 2 aromatic rings. The van der Waals surface area contributed by atoms with Crippen LogP contribution < -0.4 is 15.4 Å². The third-order valence-corrected chi connectivity index (χ3v) is 3.34. The van der Waals surface area contributed by atoms with Gasteiger partial charge in [-0.1, -0.05) is 30.4 Å². The molecule has 0 atom stereocenters. The molecule has 2 N–H and O–H groups in total. The van der Waals surface area contributed by atoms with Crippen LogP contribution in [0.3, 0.4) is 0 Å². The largest absolute Gasteiger partial charge is 0.491 e. The van der Waals surface area contributed by atoms with Gasteiger partial charge in [-0.25, -0.2) is 9.97 Å². The summed E-state index contributed by atoms with van der Waals surface area (Å²) in [5, 5.41) is 0. The van der Waals surface area contributed by atoms with E-state index in [0.717, 1.165) is 17.9 Å². The fraction of sp³-hybridized carbons (Fsp3) is 0.214. The maximum absolute atomic E-state index is 5.73. The molecule has 1 aromatic carbocycles. The SMILES string of the molecule is NC(=S)c1ccnc(N2CCOc3ccccc3C2)n1. The van der Waals surface area contributed by atoms with Crippen molar-refractivity contribution in [1.82, 2.24) is 9.97 Å². The Balaban J connectivity index is 1.91. The molecular formula is C14H14N4OS. The van der Waals surface area contributed by atoms with Crippen LogP contribution in [0.15, 0.2) is 36.5 Å². The monoisotopic (exact) mass is 286 g/mol. The number of nitrogens with zero attached hydrogens (tertiary/aromatic N) is 3. The Hall–Kier alpha value is -2.21. The lowest BCUT2D eigenvalue weighted by molar-refractivity contribution is 0.331. The Labute approximate surface area is 122 Å². The Kier molecular flexibility index (Phi) is 3.47. The van der Waals surface area contributed by atoms with Crippen LogP contribution in [0.25, 0.3) is 0 Å². The Morgan fingerprint density at radius 3 is 3.00 bits per heavy atom. The molecule has 0 saturated carbocycles. The topological polar surface area (TPSA) is 64.3 Å². The summed E-state index contributed by atoms with van der Waals surface area (Å²) in [6.45, 7) is 2.02. The van der Waals surface area contributed by atoms with Crippen molar-refractivity contribution in [3.05, 3.63) is 47.8 Å². The highest BCUT2D eigenvalue weighted by atomic mass is 32.1. The lowest BCUT2D eigenvalue weighted by Crippen LogP contribution is -2.28. The molecule has 2 heterocycles. The van der Waals surface area contributed by atoms with E-state index >= 15 is 0 Å². The van der Waals surface area contributed by atoms with Crippen molar-refractivity contribution >= 4 is 23.2 Å². The van der Waals surface area contributed by atoms with Gasteiger partial charge in [0, 0.05) is 18.3 Å². The second-order valence-electron chi connectivity index (χ2n) is 4.48. The number of ether oxygens (including phenoxy) is 1. The number of para-hydroxylation sites is 1. The molecule has 3 rings (SSSR count). The Morgan fingerprint density at radius 1 is 1.30 bits per heavy atom. The summed E-state index contributed by atoms with van der Waals surface area (Å²) in [4.78, 5) is 11.0. The minimum atomic E-state index is 0.278. The highest BCUT2D eigenvalue weighted by molar-refractivity contribution is 7.80. The van der Waals surface area contributed by atoms with E-state index in [1.54, 1.807) is 12.3 Å². The fourth-order valence-corrected chi connectivity index (χ4v) is 2.25. The van der Waals surface area contributed by atoms with Gasteiger partial charge < -0.3 is 15.4 Å². The molecule has 0 aliphatic carbocycles. The van der Waals surface area contributed by atoms with Gasteiger partial charge in [0.2, 0.25) is 5.95 Å². The first-order valence-corrected chi connectivity index (χ1v) is 6.73. The zero-order valence-corrected chi connectivity index (χ0v) is 11.6. The average Bonchev–Trinajstić information content (AvgIpc) is 2.69. The normalized spacial score (nSPS) is 14.1. The molecule has 0 saturated heterocycles. The van der Waals surface area contributed by atoms with E-state index in [9.17, 15) is 0 Å². The zero-order chi connectivity index (χ0) is 13.9. The zero-order valence-electron chi connectivity index (χ0n) is 10.8. The molecule has 0 fully saturated rings. The molecule has 6 heteroatoms. The third-order valence-electron chi connectivity index (χ3n) is 3.13. The fourth-order valence-electron chi connectivity index (χ4n) is 2.13. The van der Waals surface area contributed by atoms with Crippen molar-refractivity contribution < 1.29 is 4.74 Å². The summed E-state index contributed by atoms with van der Waals surface area (Å²) in [6, 6.07) is 9.71. The molecule has 0 radical (unpaired) electrons. The highest BCUT2D eigenvalue weighted by Gasteiger charge is 2.17. The van der Waals surface area contributed by atoms with Crippen LogP contribution in [0.1, 0.15) is 11.3 Å². The van der Waals surface area contributed by atoms with Crippen molar-refractivity contribution in [2.75, 3.05) is 18.1 Å². The molecule has 0 unspecified atom stereocenters. The van der Waals surface area contributed by atoms with Crippen molar-refractivity contribution in [2.45, 2.75) is 6.54 Å². The molecule has 0 spiro atoms. The molecule has 5 nitrogen and oxygen atoms in total. The van der Waals surface area contributed by atoms with Crippen molar-refractivity contribution in [2.24, 2.45) is 5.73 Å². The first kappa shape index (κ1) is 12.8. The Morgan fingerprint density at radius 2 is 2.15 bits per heavy atom. The predicted molar refractivity (Wildman–Crippen MR) is 80.9 cm³/mol. The predicted octanol–water partition coefficient (Wildman–Crippen LogP) is 1.51. The van der Waals surface area contributed by atoms with Crippen LogP contribution in [0.4, 0.5) is 5.95 Å². The van der Waals surface area contributed by atoms with E-state index in [4.69, 9.17) is 22.7 Å². The number of fused-ring (bicyclic) bond motifs is 1. The van der Waals surface area contributed by atoms with Crippen LogP contribution in [-0.4, -0.2) is 28.1 Å².